The van der Waals surface area contributed by atoms with E-state index in [1.54, 1.807) is 30.6 Å². The van der Waals surface area contributed by atoms with Gasteiger partial charge in [0.2, 0.25) is 5.12 Å². The summed E-state index contributed by atoms with van der Waals surface area (Å²) >= 11 is 4.60. The van der Waals surface area contributed by atoms with Gasteiger partial charge in [0.15, 0.2) is 0 Å². The smallest absolute Gasteiger partial charge is 0.244 e. The van der Waals surface area contributed by atoms with Crippen LogP contribution in [-0.4, -0.2) is 28.9 Å². The molecule has 0 unspecified atom stereocenters. The minimum Gasteiger partial charge on any atom is -0.497 e. The van der Waals surface area contributed by atoms with E-state index in [1.807, 2.05) is 6.07 Å². The van der Waals surface area contributed by atoms with Crippen LogP contribution in [0.3, 0.4) is 0 Å². The number of allylic oxidation sites excluding steroid dienone is 2. The van der Waals surface area contributed by atoms with E-state index in [4.69, 9.17) is 4.74 Å². The van der Waals surface area contributed by atoms with Crippen molar-refractivity contribution in [1.29, 1.82) is 0 Å². The molecule has 3 rings (SSSR count). The summed E-state index contributed by atoms with van der Waals surface area (Å²) in [7, 11) is 1.68. The van der Waals surface area contributed by atoms with Crippen molar-refractivity contribution in [3.05, 3.63) is 40.6 Å². The first kappa shape index (κ1) is 19.5. The monoisotopic (exact) mass is 406 g/mol. The molecule has 4 nitrogen and oxygen atoms in total. The molecule has 7 heteroatoms. The van der Waals surface area contributed by atoms with Crippen LogP contribution in [0.1, 0.15) is 27.2 Å². The Morgan fingerprint density at radius 2 is 2.12 bits per heavy atom. The highest BCUT2D eigenvalue weighted by Crippen LogP contribution is 2.48. The Hall–Kier alpha value is -1.31. The topological polar surface area (TPSA) is 41.9 Å². The van der Waals surface area contributed by atoms with Crippen LogP contribution in [0.5, 0.6) is 5.75 Å². The van der Waals surface area contributed by atoms with Gasteiger partial charge in [0.05, 0.1) is 17.8 Å². The van der Waals surface area contributed by atoms with Gasteiger partial charge in [-0.05, 0) is 54.6 Å². The minimum atomic E-state index is 0.0554. The van der Waals surface area contributed by atoms with Gasteiger partial charge in [0.25, 0.3) is 0 Å². The third-order valence-electron chi connectivity index (χ3n) is 4.08. The Bertz CT molecular complexity index is 815. The predicted molar refractivity (Wildman–Crippen MR) is 115 cm³/mol. The zero-order valence-corrected chi connectivity index (χ0v) is 17.8. The summed E-state index contributed by atoms with van der Waals surface area (Å²) in [5, 5.41) is 1.18. The van der Waals surface area contributed by atoms with E-state index in [2.05, 4.69) is 48.9 Å². The van der Waals surface area contributed by atoms with Gasteiger partial charge in [-0.25, -0.2) is 4.99 Å². The molecule has 138 valence electrons. The number of fused-ring (bicyclic) bond motifs is 1. The average molecular weight is 407 g/mol. The van der Waals surface area contributed by atoms with E-state index >= 15 is 0 Å². The lowest BCUT2D eigenvalue weighted by Gasteiger charge is -2.19. The fraction of sp³-hybridized carbons (Fsp3) is 0.368. The molecule has 0 aliphatic carbocycles. The van der Waals surface area contributed by atoms with E-state index in [9.17, 15) is 4.79 Å². The number of carbonyl (C=O) groups excluding carboxylic acids is 1. The average Bonchev–Trinajstić information content (AvgIpc) is 3.18. The van der Waals surface area contributed by atoms with Crippen molar-refractivity contribution in [1.82, 2.24) is 0 Å². The summed E-state index contributed by atoms with van der Waals surface area (Å²) in [5.74, 6) is 1.78. The molecular weight excluding hydrogens is 384 g/mol. The largest absolute Gasteiger partial charge is 0.497 e. The van der Waals surface area contributed by atoms with Gasteiger partial charge in [-0.15, -0.1) is 0 Å². The van der Waals surface area contributed by atoms with Crippen LogP contribution in [0.4, 0.5) is 5.69 Å². The lowest BCUT2D eigenvalue weighted by atomic mass is 10.1. The zero-order chi connectivity index (χ0) is 18.7. The predicted octanol–water partition coefficient (Wildman–Crippen LogP) is 5.52. The molecule has 1 aromatic rings. The molecule has 0 saturated heterocycles. The lowest BCUT2D eigenvalue weighted by Crippen LogP contribution is -2.16. The molecule has 26 heavy (non-hydrogen) atoms. The molecule has 2 aliphatic rings. The molecule has 0 saturated carbocycles. The first-order chi connectivity index (χ1) is 12.6. The molecule has 0 aromatic heterocycles. The van der Waals surface area contributed by atoms with Crippen molar-refractivity contribution in [3.8, 4) is 5.75 Å². The number of ether oxygens (including phenoxy) is 1. The number of benzene rings is 1. The van der Waals surface area contributed by atoms with Gasteiger partial charge in [-0.3, -0.25) is 4.79 Å². The molecule has 0 radical (unpaired) electrons. The summed E-state index contributed by atoms with van der Waals surface area (Å²) in [6.07, 6.45) is 2.90. The maximum absolute atomic E-state index is 12.4. The van der Waals surface area contributed by atoms with Crippen LogP contribution < -0.4 is 9.64 Å². The second-order valence-corrected chi connectivity index (χ2v) is 9.13. The summed E-state index contributed by atoms with van der Waals surface area (Å²) in [6.45, 7) is 7.13. The van der Waals surface area contributed by atoms with Crippen LogP contribution in [0.25, 0.3) is 0 Å². The molecule has 2 aliphatic heterocycles. The highest BCUT2D eigenvalue weighted by Gasteiger charge is 2.28. The van der Waals surface area contributed by atoms with Gasteiger partial charge in [-0.1, -0.05) is 37.4 Å². The van der Waals surface area contributed by atoms with Gasteiger partial charge >= 0.3 is 0 Å². The van der Waals surface area contributed by atoms with Crippen molar-refractivity contribution in [2.75, 3.05) is 24.3 Å². The molecule has 0 fully saturated rings. The number of carbonyl (C=O) groups is 1. The first-order valence-corrected chi connectivity index (χ1v) is 11.2. The van der Waals surface area contributed by atoms with Crippen LogP contribution in [-0.2, 0) is 4.79 Å². The Morgan fingerprint density at radius 3 is 2.77 bits per heavy atom. The number of methoxy groups -OCH3 is 1. The second-order valence-electron chi connectivity index (χ2n) is 5.59. The van der Waals surface area contributed by atoms with E-state index in [0.717, 1.165) is 45.1 Å². The van der Waals surface area contributed by atoms with E-state index in [-0.39, 0.29) is 5.12 Å². The van der Waals surface area contributed by atoms with Gasteiger partial charge < -0.3 is 9.64 Å². The fourth-order valence-corrected chi connectivity index (χ4v) is 5.77. The van der Waals surface area contributed by atoms with Gasteiger partial charge in [0.1, 0.15) is 15.8 Å². The molecule has 0 amide bonds. The molecule has 0 atom stereocenters. The molecular formula is C19H22N2O2S3. The van der Waals surface area contributed by atoms with Crippen molar-refractivity contribution >= 4 is 50.5 Å². The van der Waals surface area contributed by atoms with E-state index < -0.39 is 0 Å². The number of hydrogen-bond donors (Lipinski definition) is 0. The quantitative estimate of drug-likeness (QED) is 0.600. The lowest BCUT2D eigenvalue weighted by molar-refractivity contribution is -0.107. The summed E-state index contributed by atoms with van der Waals surface area (Å²) in [6, 6.07) is 6.14. The van der Waals surface area contributed by atoms with Gasteiger partial charge in [-0.2, -0.15) is 0 Å². The number of aliphatic imine (C=N–C) groups is 1. The van der Waals surface area contributed by atoms with E-state index in [0.29, 0.717) is 5.70 Å². The first-order valence-electron chi connectivity index (χ1n) is 8.63. The number of anilines is 1. The van der Waals surface area contributed by atoms with Crippen molar-refractivity contribution < 1.29 is 9.53 Å². The number of hydrogen-bond acceptors (Lipinski definition) is 7. The highest BCUT2D eigenvalue weighted by molar-refractivity contribution is 8.45. The van der Waals surface area contributed by atoms with Crippen LogP contribution >= 0.6 is 35.3 Å². The van der Waals surface area contributed by atoms with Crippen LogP contribution in [0.15, 0.2) is 50.5 Å². The normalized spacial score (nSPS) is 19.8. The highest BCUT2D eigenvalue weighted by atomic mass is 32.2. The second kappa shape index (κ2) is 8.59. The maximum Gasteiger partial charge on any atom is 0.244 e. The van der Waals surface area contributed by atoms with Gasteiger partial charge in [0, 0.05) is 17.5 Å². The van der Waals surface area contributed by atoms with E-state index in [1.165, 1.54) is 16.7 Å². The zero-order valence-electron chi connectivity index (χ0n) is 15.4. The number of rotatable bonds is 5. The minimum absolute atomic E-state index is 0.0554. The molecule has 0 bridgehead atoms. The van der Waals surface area contributed by atoms with Crippen LogP contribution in [0, 0.1) is 0 Å². The Balaban J connectivity index is 1.98. The maximum atomic E-state index is 12.4. The summed E-state index contributed by atoms with van der Waals surface area (Å²) in [4.78, 5) is 20.4. The molecule has 2 heterocycles. The third-order valence-corrected chi connectivity index (χ3v) is 7.07. The SMILES string of the molecule is CCSC1=NC(=C(C=C2Sc3ccc(OC)cc3N2CC)CC)C(=O)S1. The third kappa shape index (κ3) is 3.85. The Morgan fingerprint density at radius 1 is 1.31 bits per heavy atom. The summed E-state index contributed by atoms with van der Waals surface area (Å²) < 4.78 is 6.23. The Kier molecular flexibility index (Phi) is 6.42. The summed E-state index contributed by atoms with van der Waals surface area (Å²) in [5.41, 5.74) is 2.75. The van der Waals surface area contributed by atoms with Crippen molar-refractivity contribution in [2.45, 2.75) is 32.1 Å². The number of thioether (sulfide) groups is 3. The number of nitrogens with zero attached hydrogens (tertiary/aromatic N) is 2. The molecule has 0 spiro atoms. The van der Waals surface area contributed by atoms with Crippen molar-refractivity contribution in [3.63, 3.8) is 0 Å². The van der Waals surface area contributed by atoms with Crippen molar-refractivity contribution in [2.24, 2.45) is 4.99 Å². The van der Waals surface area contributed by atoms with Crippen LogP contribution in [0.2, 0.25) is 0 Å². The molecule has 0 N–H and O–H groups in total. The standard InChI is InChI=1S/C19H22N2O2S3/c1-5-12(17-18(22)26-19(20-17)24-7-3)10-16-21(6-2)14-11-13(23-4)8-9-15(14)25-16/h8-11H,5-7H2,1-4H3. The molecule has 1 aromatic carbocycles. The Labute approximate surface area is 167 Å². The fourth-order valence-electron chi connectivity index (χ4n) is 2.80.